The number of hydrogen-bond acceptors (Lipinski definition) is 2. The van der Waals surface area contributed by atoms with Crippen LogP contribution in [0.25, 0.3) is 0 Å². The van der Waals surface area contributed by atoms with Crippen LogP contribution in [0.3, 0.4) is 0 Å². The molecule has 3 rings (SSSR count). The molecule has 1 unspecified atom stereocenters. The highest BCUT2D eigenvalue weighted by Gasteiger charge is 2.30. The summed E-state index contributed by atoms with van der Waals surface area (Å²) in [5, 5.41) is 3.64. The van der Waals surface area contributed by atoms with E-state index in [0.717, 1.165) is 12.1 Å². The quantitative estimate of drug-likeness (QED) is 0.731. The van der Waals surface area contributed by atoms with Gasteiger partial charge in [-0.1, -0.05) is 30.3 Å². The molecule has 1 saturated carbocycles. The Hall–Kier alpha value is -0.860. The van der Waals surface area contributed by atoms with Crippen molar-refractivity contribution in [2.75, 3.05) is 19.6 Å². The lowest BCUT2D eigenvalue weighted by Gasteiger charge is -2.25. The smallest absolute Gasteiger partial charge is 0.0195 e. The van der Waals surface area contributed by atoms with E-state index >= 15 is 0 Å². The zero-order valence-corrected chi connectivity index (χ0v) is 12.6. The van der Waals surface area contributed by atoms with Crippen LogP contribution in [-0.4, -0.2) is 36.6 Å². The van der Waals surface area contributed by atoms with Crippen molar-refractivity contribution in [1.29, 1.82) is 0 Å². The van der Waals surface area contributed by atoms with Gasteiger partial charge in [-0.3, -0.25) is 4.90 Å². The lowest BCUT2D eigenvalue weighted by molar-refractivity contribution is 0.235. The summed E-state index contributed by atoms with van der Waals surface area (Å²) in [7, 11) is 0. The van der Waals surface area contributed by atoms with Crippen molar-refractivity contribution in [3.63, 3.8) is 0 Å². The number of nitrogens with zero attached hydrogens (tertiary/aromatic N) is 1. The Bertz CT molecular complexity index is 380. The second-order valence-electron chi connectivity index (χ2n) is 6.46. The first-order chi connectivity index (χ1) is 9.92. The number of unbranched alkanes of at least 4 members (excludes halogenated alkanes) is 1. The molecule has 1 aliphatic heterocycles. The Balaban J connectivity index is 1.36. The average molecular weight is 272 g/mol. The van der Waals surface area contributed by atoms with Gasteiger partial charge in [-0.25, -0.2) is 0 Å². The second kappa shape index (κ2) is 7.24. The third kappa shape index (κ3) is 4.32. The van der Waals surface area contributed by atoms with Crippen LogP contribution < -0.4 is 5.32 Å². The molecule has 1 saturated heterocycles. The minimum Gasteiger partial charge on any atom is -0.313 e. The molecule has 0 bridgehead atoms. The minimum absolute atomic E-state index is 0.768. The predicted octanol–water partition coefficient (Wildman–Crippen LogP) is 3.23. The molecule has 2 fully saturated rings. The van der Waals surface area contributed by atoms with Crippen LogP contribution in [0.5, 0.6) is 0 Å². The van der Waals surface area contributed by atoms with Crippen LogP contribution in [0.2, 0.25) is 0 Å². The van der Waals surface area contributed by atoms with Crippen LogP contribution >= 0.6 is 0 Å². The van der Waals surface area contributed by atoms with Crippen molar-refractivity contribution in [2.24, 2.45) is 0 Å². The van der Waals surface area contributed by atoms with Gasteiger partial charge in [-0.2, -0.15) is 0 Å². The number of benzene rings is 1. The van der Waals surface area contributed by atoms with Gasteiger partial charge < -0.3 is 5.32 Å². The maximum absolute atomic E-state index is 3.64. The van der Waals surface area contributed by atoms with Crippen LogP contribution in [0.4, 0.5) is 0 Å². The van der Waals surface area contributed by atoms with E-state index in [2.05, 4.69) is 40.5 Å². The molecular formula is C18H28N2. The van der Waals surface area contributed by atoms with Gasteiger partial charge >= 0.3 is 0 Å². The number of hydrogen-bond donors (Lipinski definition) is 1. The second-order valence-corrected chi connectivity index (χ2v) is 6.46. The number of aryl methyl sites for hydroxylation is 1. The molecule has 20 heavy (non-hydrogen) atoms. The summed E-state index contributed by atoms with van der Waals surface area (Å²) in [6.07, 6.45) is 9.53. The standard InChI is InChI=1S/C18H28N2/c1-2-7-16(8-3-1)9-4-5-14-20(18-11-12-18)15-17-10-6-13-19-17/h1-3,7-8,17-19H,4-6,9-15H2. The van der Waals surface area contributed by atoms with Gasteiger partial charge in [0.2, 0.25) is 0 Å². The van der Waals surface area contributed by atoms with Crippen LogP contribution in [-0.2, 0) is 6.42 Å². The van der Waals surface area contributed by atoms with Crippen molar-refractivity contribution < 1.29 is 0 Å². The minimum atomic E-state index is 0.768. The summed E-state index contributed by atoms with van der Waals surface area (Å²) in [6.45, 7) is 3.82. The molecule has 1 heterocycles. The molecular weight excluding hydrogens is 244 g/mol. The van der Waals surface area contributed by atoms with Gasteiger partial charge in [0.25, 0.3) is 0 Å². The normalized spacial score (nSPS) is 22.6. The predicted molar refractivity (Wildman–Crippen MR) is 85.0 cm³/mol. The van der Waals surface area contributed by atoms with Gasteiger partial charge in [-0.05, 0) is 63.6 Å². The Morgan fingerprint density at radius 3 is 2.60 bits per heavy atom. The summed E-state index contributed by atoms with van der Waals surface area (Å²) < 4.78 is 0. The van der Waals surface area contributed by atoms with E-state index < -0.39 is 0 Å². The first-order valence-corrected chi connectivity index (χ1v) is 8.43. The Morgan fingerprint density at radius 2 is 1.90 bits per heavy atom. The molecule has 1 aliphatic carbocycles. The first kappa shape index (κ1) is 14.1. The highest BCUT2D eigenvalue weighted by molar-refractivity contribution is 5.14. The zero-order chi connectivity index (χ0) is 13.6. The molecule has 2 heteroatoms. The molecule has 0 spiro atoms. The topological polar surface area (TPSA) is 15.3 Å². The lowest BCUT2D eigenvalue weighted by Crippen LogP contribution is -2.39. The van der Waals surface area contributed by atoms with E-state index in [-0.39, 0.29) is 0 Å². The van der Waals surface area contributed by atoms with Crippen molar-refractivity contribution in [3.8, 4) is 0 Å². The van der Waals surface area contributed by atoms with Gasteiger partial charge in [-0.15, -0.1) is 0 Å². The number of rotatable bonds is 8. The fourth-order valence-electron chi connectivity index (χ4n) is 3.35. The van der Waals surface area contributed by atoms with Crippen molar-refractivity contribution >= 4 is 0 Å². The summed E-state index contributed by atoms with van der Waals surface area (Å²) in [5.74, 6) is 0. The van der Waals surface area contributed by atoms with Gasteiger partial charge in [0.05, 0.1) is 0 Å². The maximum Gasteiger partial charge on any atom is 0.0195 e. The number of nitrogens with one attached hydrogen (secondary N) is 1. The molecule has 1 N–H and O–H groups in total. The molecule has 0 amide bonds. The van der Waals surface area contributed by atoms with E-state index in [9.17, 15) is 0 Å². The SMILES string of the molecule is c1ccc(CCCCN(CC2CCCN2)C2CC2)cc1. The summed E-state index contributed by atoms with van der Waals surface area (Å²) in [4.78, 5) is 2.76. The molecule has 1 aromatic carbocycles. The molecule has 0 aromatic heterocycles. The van der Waals surface area contributed by atoms with Crippen molar-refractivity contribution in [3.05, 3.63) is 35.9 Å². The Morgan fingerprint density at radius 1 is 1.05 bits per heavy atom. The monoisotopic (exact) mass is 272 g/mol. The fraction of sp³-hybridized carbons (Fsp3) is 0.667. The lowest BCUT2D eigenvalue weighted by atomic mass is 10.1. The van der Waals surface area contributed by atoms with Crippen molar-refractivity contribution in [1.82, 2.24) is 10.2 Å². The van der Waals surface area contributed by atoms with Crippen LogP contribution in [0, 0.1) is 0 Å². The third-order valence-electron chi connectivity index (χ3n) is 4.68. The Kier molecular flexibility index (Phi) is 5.10. The summed E-state index contributed by atoms with van der Waals surface area (Å²) in [5.41, 5.74) is 1.49. The third-order valence-corrected chi connectivity index (χ3v) is 4.68. The highest BCUT2D eigenvalue weighted by Crippen LogP contribution is 2.28. The molecule has 1 atom stereocenters. The fourth-order valence-corrected chi connectivity index (χ4v) is 3.35. The summed E-state index contributed by atoms with van der Waals surface area (Å²) >= 11 is 0. The highest BCUT2D eigenvalue weighted by atomic mass is 15.2. The van der Waals surface area contributed by atoms with E-state index in [1.807, 2.05) is 0 Å². The molecule has 0 radical (unpaired) electrons. The van der Waals surface area contributed by atoms with E-state index in [4.69, 9.17) is 0 Å². The summed E-state index contributed by atoms with van der Waals surface area (Å²) in [6, 6.07) is 12.6. The van der Waals surface area contributed by atoms with E-state index in [1.165, 1.54) is 70.1 Å². The Labute approximate surface area is 123 Å². The molecule has 110 valence electrons. The molecule has 2 aliphatic rings. The largest absolute Gasteiger partial charge is 0.313 e. The first-order valence-electron chi connectivity index (χ1n) is 8.43. The van der Waals surface area contributed by atoms with Crippen LogP contribution in [0.15, 0.2) is 30.3 Å². The molecule has 2 nitrogen and oxygen atoms in total. The van der Waals surface area contributed by atoms with Gasteiger partial charge in [0, 0.05) is 18.6 Å². The zero-order valence-electron chi connectivity index (χ0n) is 12.6. The van der Waals surface area contributed by atoms with Crippen molar-refractivity contribution in [2.45, 2.75) is 57.0 Å². The molecule has 1 aromatic rings. The average Bonchev–Trinajstić information content (AvgIpc) is 3.21. The maximum atomic E-state index is 3.64. The van der Waals surface area contributed by atoms with Gasteiger partial charge in [0.15, 0.2) is 0 Å². The van der Waals surface area contributed by atoms with E-state index in [0.29, 0.717) is 0 Å². The van der Waals surface area contributed by atoms with Gasteiger partial charge in [0.1, 0.15) is 0 Å². The van der Waals surface area contributed by atoms with Crippen LogP contribution in [0.1, 0.15) is 44.1 Å². The van der Waals surface area contributed by atoms with E-state index in [1.54, 1.807) is 0 Å².